The van der Waals surface area contributed by atoms with Crippen molar-refractivity contribution in [3.8, 4) is 5.75 Å². The molecule has 0 radical (unpaired) electrons. The van der Waals surface area contributed by atoms with Gasteiger partial charge in [-0.15, -0.1) is 11.6 Å². The largest absolute Gasteiger partial charge is 0.493 e. The van der Waals surface area contributed by atoms with Gasteiger partial charge in [-0.3, -0.25) is 0 Å². The van der Waals surface area contributed by atoms with Crippen molar-refractivity contribution in [1.82, 2.24) is 0 Å². The van der Waals surface area contributed by atoms with E-state index in [4.69, 9.17) is 16.3 Å². The molecule has 0 bridgehead atoms. The number of hydrogen-bond donors (Lipinski definition) is 0. The third kappa shape index (κ3) is 3.91. The number of alkyl halides is 1. The number of aryl methyl sites for hydroxylation is 1. The Morgan fingerprint density at radius 2 is 2.00 bits per heavy atom. The Hall–Kier alpha value is -0.690. The van der Waals surface area contributed by atoms with Gasteiger partial charge in [-0.1, -0.05) is 49.8 Å². The summed E-state index contributed by atoms with van der Waals surface area (Å²) in [5.74, 6) is 2.37. The summed E-state index contributed by atoms with van der Waals surface area (Å²) in [6.45, 7) is 2.92. The normalized spacial score (nSPS) is 16.8. The lowest BCUT2D eigenvalue weighted by atomic mass is 9.87. The quantitative estimate of drug-likeness (QED) is 0.675. The third-order valence-electron chi connectivity index (χ3n) is 3.87. The van der Waals surface area contributed by atoms with Gasteiger partial charge in [-0.25, -0.2) is 0 Å². The number of rotatable bonds is 5. The highest BCUT2D eigenvalue weighted by Crippen LogP contribution is 2.27. The summed E-state index contributed by atoms with van der Waals surface area (Å²) in [5.41, 5.74) is 2.35. The van der Waals surface area contributed by atoms with E-state index in [1.54, 1.807) is 0 Å². The second-order valence-corrected chi connectivity index (χ2v) is 5.65. The molecule has 0 N–H and O–H groups in total. The van der Waals surface area contributed by atoms with Crippen molar-refractivity contribution in [3.63, 3.8) is 0 Å². The number of hydrogen-bond acceptors (Lipinski definition) is 1. The first-order valence-electron chi connectivity index (χ1n) is 7.08. The number of benzene rings is 1. The first kappa shape index (κ1) is 13.7. The van der Waals surface area contributed by atoms with Crippen molar-refractivity contribution >= 4 is 11.6 Å². The zero-order valence-corrected chi connectivity index (χ0v) is 12.0. The van der Waals surface area contributed by atoms with Crippen LogP contribution in [0.2, 0.25) is 0 Å². The minimum atomic E-state index is 0.528. The van der Waals surface area contributed by atoms with Gasteiger partial charge in [0.1, 0.15) is 5.75 Å². The van der Waals surface area contributed by atoms with Gasteiger partial charge in [-0.2, -0.15) is 0 Å². The Morgan fingerprint density at radius 1 is 1.22 bits per heavy atom. The van der Waals surface area contributed by atoms with Gasteiger partial charge in [0.2, 0.25) is 0 Å². The SMILES string of the molecule is Cc1ccc(OCCC2CCCCC2)c(CCl)c1. The van der Waals surface area contributed by atoms with Crippen molar-refractivity contribution in [2.45, 2.75) is 51.3 Å². The highest BCUT2D eigenvalue weighted by atomic mass is 35.5. The van der Waals surface area contributed by atoms with Crippen LogP contribution in [0.4, 0.5) is 0 Å². The molecule has 1 aliphatic rings. The summed E-state index contributed by atoms with van der Waals surface area (Å²) in [4.78, 5) is 0. The predicted octanol–water partition coefficient (Wildman–Crippen LogP) is 5.08. The molecule has 2 heteroatoms. The van der Waals surface area contributed by atoms with Crippen molar-refractivity contribution in [3.05, 3.63) is 29.3 Å². The van der Waals surface area contributed by atoms with Gasteiger partial charge in [0, 0.05) is 5.56 Å². The summed E-state index contributed by atoms with van der Waals surface area (Å²) in [5, 5.41) is 0. The first-order valence-corrected chi connectivity index (χ1v) is 7.61. The maximum absolute atomic E-state index is 5.95. The molecule has 0 atom stereocenters. The average Bonchev–Trinajstić information content (AvgIpc) is 2.41. The highest BCUT2D eigenvalue weighted by Gasteiger charge is 2.13. The summed E-state index contributed by atoms with van der Waals surface area (Å²) in [6, 6.07) is 6.25. The van der Waals surface area contributed by atoms with E-state index in [-0.39, 0.29) is 0 Å². The zero-order valence-electron chi connectivity index (χ0n) is 11.3. The van der Waals surface area contributed by atoms with Crippen molar-refractivity contribution in [2.24, 2.45) is 5.92 Å². The maximum Gasteiger partial charge on any atom is 0.123 e. The van der Waals surface area contributed by atoms with Crippen molar-refractivity contribution in [1.29, 1.82) is 0 Å². The maximum atomic E-state index is 5.95. The van der Waals surface area contributed by atoms with E-state index < -0.39 is 0 Å². The third-order valence-corrected chi connectivity index (χ3v) is 4.16. The zero-order chi connectivity index (χ0) is 12.8. The van der Waals surface area contributed by atoms with Crippen LogP contribution in [0.15, 0.2) is 18.2 Å². The van der Waals surface area contributed by atoms with Crippen LogP contribution in [0.5, 0.6) is 5.75 Å². The van der Waals surface area contributed by atoms with Gasteiger partial charge in [0.05, 0.1) is 12.5 Å². The lowest BCUT2D eigenvalue weighted by Crippen LogP contribution is -2.11. The van der Waals surface area contributed by atoms with E-state index in [0.29, 0.717) is 5.88 Å². The molecular weight excluding hydrogens is 244 g/mol. The van der Waals surface area contributed by atoms with Crippen LogP contribution in [0.25, 0.3) is 0 Å². The topological polar surface area (TPSA) is 9.23 Å². The Morgan fingerprint density at radius 3 is 2.72 bits per heavy atom. The molecular formula is C16H23ClO. The van der Waals surface area contributed by atoms with Crippen LogP contribution in [0.1, 0.15) is 49.7 Å². The van der Waals surface area contributed by atoms with E-state index in [1.807, 2.05) is 6.07 Å². The van der Waals surface area contributed by atoms with E-state index in [2.05, 4.69) is 19.1 Å². The summed E-state index contributed by atoms with van der Waals surface area (Å²) < 4.78 is 5.90. The van der Waals surface area contributed by atoms with Crippen molar-refractivity contribution in [2.75, 3.05) is 6.61 Å². The Balaban J connectivity index is 1.82. The van der Waals surface area contributed by atoms with Gasteiger partial charge in [0.25, 0.3) is 0 Å². The van der Waals surface area contributed by atoms with E-state index in [0.717, 1.165) is 23.8 Å². The molecule has 2 rings (SSSR count). The summed E-state index contributed by atoms with van der Waals surface area (Å²) in [7, 11) is 0. The Bertz CT molecular complexity index is 369. The van der Waals surface area contributed by atoms with Crippen LogP contribution in [-0.4, -0.2) is 6.61 Å². The fourth-order valence-electron chi connectivity index (χ4n) is 2.76. The van der Waals surface area contributed by atoms with Crippen LogP contribution in [-0.2, 0) is 5.88 Å². The molecule has 0 unspecified atom stereocenters. The highest BCUT2D eigenvalue weighted by molar-refractivity contribution is 6.17. The Kier molecular flexibility index (Phi) is 5.37. The van der Waals surface area contributed by atoms with Gasteiger partial charge in [-0.05, 0) is 25.3 Å². The van der Waals surface area contributed by atoms with E-state index >= 15 is 0 Å². The van der Waals surface area contributed by atoms with Crippen LogP contribution in [0, 0.1) is 12.8 Å². The molecule has 0 heterocycles. The lowest BCUT2D eigenvalue weighted by molar-refractivity contribution is 0.245. The average molecular weight is 267 g/mol. The molecule has 1 fully saturated rings. The van der Waals surface area contributed by atoms with Crippen LogP contribution < -0.4 is 4.74 Å². The molecule has 100 valence electrons. The molecule has 1 nitrogen and oxygen atoms in total. The van der Waals surface area contributed by atoms with Crippen LogP contribution >= 0.6 is 11.6 Å². The first-order chi connectivity index (χ1) is 8.79. The Labute approximate surface area is 115 Å². The molecule has 0 spiro atoms. The van der Waals surface area contributed by atoms with E-state index in [1.165, 1.54) is 44.1 Å². The molecule has 0 amide bonds. The minimum absolute atomic E-state index is 0.528. The monoisotopic (exact) mass is 266 g/mol. The number of ether oxygens (including phenoxy) is 1. The van der Waals surface area contributed by atoms with Crippen LogP contribution in [0.3, 0.4) is 0 Å². The summed E-state index contributed by atoms with van der Waals surface area (Å²) in [6.07, 6.45) is 8.20. The van der Waals surface area contributed by atoms with Crippen molar-refractivity contribution < 1.29 is 4.74 Å². The molecule has 1 saturated carbocycles. The fraction of sp³-hybridized carbons (Fsp3) is 0.625. The van der Waals surface area contributed by atoms with Gasteiger partial charge < -0.3 is 4.74 Å². The standard InChI is InChI=1S/C16H23ClO/c1-13-7-8-16(15(11-13)12-17)18-10-9-14-5-3-2-4-6-14/h7-8,11,14H,2-6,9-10,12H2,1H3. The van der Waals surface area contributed by atoms with Gasteiger partial charge >= 0.3 is 0 Å². The molecule has 0 aliphatic heterocycles. The van der Waals surface area contributed by atoms with Gasteiger partial charge in [0.15, 0.2) is 0 Å². The lowest BCUT2D eigenvalue weighted by Gasteiger charge is -2.21. The molecule has 1 aromatic carbocycles. The molecule has 1 aromatic rings. The second kappa shape index (κ2) is 7.04. The predicted molar refractivity (Wildman–Crippen MR) is 77.4 cm³/mol. The number of halogens is 1. The fourth-order valence-corrected chi connectivity index (χ4v) is 2.97. The molecule has 0 saturated heterocycles. The smallest absolute Gasteiger partial charge is 0.123 e. The molecule has 18 heavy (non-hydrogen) atoms. The van der Waals surface area contributed by atoms with E-state index in [9.17, 15) is 0 Å². The summed E-state index contributed by atoms with van der Waals surface area (Å²) >= 11 is 5.95. The molecule has 1 aliphatic carbocycles. The molecule has 0 aromatic heterocycles. The second-order valence-electron chi connectivity index (χ2n) is 5.39. The minimum Gasteiger partial charge on any atom is -0.493 e.